The maximum atomic E-state index is 11.8. The van der Waals surface area contributed by atoms with E-state index in [1.807, 2.05) is 4.90 Å². The van der Waals surface area contributed by atoms with Crippen LogP contribution < -0.4 is 11.1 Å². The lowest BCUT2D eigenvalue weighted by Gasteiger charge is -2.27. The molecule has 2 rings (SSSR count). The standard InChI is InChI=1S/C14H26N4O2/c15-14(18-8-10-20-11-9-18)16-7-6-13(19)17-12-4-2-1-3-5-12/h12H,1-11H2,(H2,15,16)(H,17,19). The molecule has 0 radical (unpaired) electrons. The zero-order valence-corrected chi connectivity index (χ0v) is 12.1. The summed E-state index contributed by atoms with van der Waals surface area (Å²) in [6, 6.07) is 0.372. The van der Waals surface area contributed by atoms with Crippen LogP contribution in [0.4, 0.5) is 0 Å². The molecular formula is C14H26N4O2. The largest absolute Gasteiger partial charge is 0.378 e. The van der Waals surface area contributed by atoms with Crippen molar-refractivity contribution < 1.29 is 9.53 Å². The van der Waals surface area contributed by atoms with E-state index in [9.17, 15) is 4.79 Å². The molecule has 0 aromatic rings. The predicted molar refractivity (Wildman–Crippen MR) is 78.5 cm³/mol. The number of aliphatic imine (C=N–C) groups is 1. The molecule has 0 aromatic heterocycles. The van der Waals surface area contributed by atoms with Crippen LogP contribution in [0.15, 0.2) is 4.99 Å². The van der Waals surface area contributed by atoms with Gasteiger partial charge in [0.2, 0.25) is 5.91 Å². The summed E-state index contributed by atoms with van der Waals surface area (Å²) >= 11 is 0. The fourth-order valence-corrected chi connectivity index (χ4v) is 2.71. The molecule has 1 aliphatic heterocycles. The van der Waals surface area contributed by atoms with Crippen molar-refractivity contribution in [2.75, 3.05) is 32.8 Å². The number of amides is 1. The molecule has 1 aliphatic carbocycles. The highest BCUT2D eigenvalue weighted by atomic mass is 16.5. The molecule has 0 bridgehead atoms. The summed E-state index contributed by atoms with van der Waals surface area (Å²) in [7, 11) is 0. The van der Waals surface area contributed by atoms with Crippen molar-refractivity contribution in [3.8, 4) is 0 Å². The fourth-order valence-electron chi connectivity index (χ4n) is 2.71. The van der Waals surface area contributed by atoms with Crippen molar-refractivity contribution in [3.05, 3.63) is 0 Å². The molecule has 1 heterocycles. The highest BCUT2D eigenvalue weighted by Crippen LogP contribution is 2.17. The molecule has 1 amide bonds. The van der Waals surface area contributed by atoms with Crippen LogP contribution in [0.5, 0.6) is 0 Å². The molecule has 0 spiro atoms. The summed E-state index contributed by atoms with van der Waals surface area (Å²) in [5, 5.41) is 3.09. The molecule has 0 aromatic carbocycles. The Morgan fingerprint density at radius 3 is 2.65 bits per heavy atom. The Balaban J connectivity index is 1.64. The van der Waals surface area contributed by atoms with E-state index in [2.05, 4.69) is 10.3 Å². The van der Waals surface area contributed by atoms with Gasteiger partial charge in [0, 0.05) is 25.6 Å². The number of guanidine groups is 1. The molecule has 3 N–H and O–H groups in total. The summed E-state index contributed by atoms with van der Waals surface area (Å²) in [6.45, 7) is 3.41. The molecule has 0 unspecified atom stereocenters. The maximum absolute atomic E-state index is 11.8. The molecule has 1 saturated carbocycles. The summed E-state index contributed by atoms with van der Waals surface area (Å²) in [5.74, 6) is 0.620. The molecule has 20 heavy (non-hydrogen) atoms. The predicted octanol–water partition coefficient (Wildman–Crippen LogP) is 0.472. The average molecular weight is 282 g/mol. The lowest BCUT2D eigenvalue weighted by molar-refractivity contribution is -0.121. The molecule has 6 nitrogen and oxygen atoms in total. The Kier molecular flexibility index (Phi) is 6.11. The van der Waals surface area contributed by atoms with Crippen molar-refractivity contribution in [2.24, 2.45) is 10.7 Å². The number of nitrogens with two attached hydrogens (primary N) is 1. The number of nitrogens with zero attached hydrogens (tertiary/aromatic N) is 2. The minimum atomic E-state index is 0.0930. The van der Waals surface area contributed by atoms with Gasteiger partial charge in [-0.05, 0) is 12.8 Å². The van der Waals surface area contributed by atoms with Crippen molar-refractivity contribution in [1.29, 1.82) is 0 Å². The van der Waals surface area contributed by atoms with Gasteiger partial charge in [0.15, 0.2) is 5.96 Å². The zero-order valence-electron chi connectivity index (χ0n) is 12.1. The number of hydrogen-bond donors (Lipinski definition) is 2. The first-order chi connectivity index (χ1) is 9.75. The van der Waals surface area contributed by atoms with Crippen LogP contribution in [0.1, 0.15) is 38.5 Å². The van der Waals surface area contributed by atoms with Gasteiger partial charge in [0.1, 0.15) is 0 Å². The Morgan fingerprint density at radius 2 is 1.95 bits per heavy atom. The van der Waals surface area contributed by atoms with Gasteiger partial charge >= 0.3 is 0 Å². The lowest BCUT2D eigenvalue weighted by Crippen LogP contribution is -2.45. The monoisotopic (exact) mass is 282 g/mol. The van der Waals surface area contributed by atoms with Crippen molar-refractivity contribution >= 4 is 11.9 Å². The molecule has 114 valence electrons. The summed E-state index contributed by atoms with van der Waals surface area (Å²) in [4.78, 5) is 18.1. The van der Waals surface area contributed by atoms with E-state index in [1.165, 1.54) is 19.3 Å². The van der Waals surface area contributed by atoms with E-state index in [-0.39, 0.29) is 5.91 Å². The number of carbonyl (C=O) groups excluding carboxylic acids is 1. The van der Waals surface area contributed by atoms with Crippen LogP contribution in [-0.2, 0) is 9.53 Å². The number of morpholine rings is 1. The van der Waals surface area contributed by atoms with E-state index < -0.39 is 0 Å². The first kappa shape index (κ1) is 15.1. The Bertz CT molecular complexity index is 334. The molecular weight excluding hydrogens is 256 g/mol. The zero-order chi connectivity index (χ0) is 14.2. The van der Waals surface area contributed by atoms with Crippen molar-refractivity contribution in [2.45, 2.75) is 44.6 Å². The van der Waals surface area contributed by atoms with Crippen LogP contribution in [0, 0.1) is 0 Å². The van der Waals surface area contributed by atoms with E-state index in [4.69, 9.17) is 10.5 Å². The van der Waals surface area contributed by atoms with Gasteiger partial charge in [-0.3, -0.25) is 9.79 Å². The van der Waals surface area contributed by atoms with E-state index >= 15 is 0 Å². The highest BCUT2D eigenvalue weighted by Gasteiger charge is 2.15. The SMILES string of the molecule is NC(=NCCC(=O)NC1CCCCC1)N1CCOCC1. The second kappa shape index (κ2) is 8.09. The first-order valence-corrected chi connectivity index (χ1v) is 7.67. The number of carbonyl (C=O) groups is 1. The van der Waals surface area contributed by atoms with Gasteiger partial charge in [0.25, 0.3) is 0 Å². The highest BCUT2D eigenvalue weighted by molar-refractivity contribution is 5.79. The summed E-state index contributed by atoms with van der Waals surface area (Å²) in [6.07, 6.45) is 6.41. The molecule has 0 atom stereocenters. The minimum Gasteiger partial charge on any atom is -0.378 e. The second-order valence-electron chi connectivity index (χ2n) is 5.49. The van der Waals surface area contributed by atoms with Crippen LogP contribution in [0.25, 0.3) is 0 Å². The van der Waals surface area contributed by atoms with Crippen molar-refractivity contribution in [3.63, 3.8) is 0 Å². The third-order valence-corrected chi connectivity index (χ3v) is 3.92. The van der Waals surface area contributed by atoms with Crippen LogP contribution in [-0.4, -0.2) is 55.7 Å². The van der Waals surface area contributed by atoms with Gasteiger partial charge in [-0.1, -0.05) is 19.3 Å². The van der Waals surface area contributed by atoms with Gasteiger partial charge in [-0.25, -0.2) is 0 Å². The first-order valence-electron chi connectivity index (χ1n) is 7.67. The molecule has 2 fully saturated rings. The van der Waals surface area contributed by atoms with Crippen LogP contribution >= 0.6 is 0 Å². The quantitative estimate of drug-likeness (QED) is 0.580. The Hall–Kier alpha value is -1.30. The topological polar surface area (TPSA) is 79.9 Å². The second-order valence-corrected chi connectivity index (χ2v) is 5.49. The van der Waals surface area contributed by atoms with Crippen LogP contribution in [0.3, 0.4) is 0 Å². The third-order valence-electron chi connectivity index (χ3n) is 3.92. The van der Waals surface area contributed by atoms with Gasteiger partial charge < -0.3 is 20.7 Å². The van der Waals surface area contributed by atoms with Crippen molar-refractivity contribution in [1.82, 2.24) is 10.2 Å². The Labute approximate surface area is 120 Å². The maximum Gasteiger partial charge on any atom is 0.222 e. The smallest absolute Gasteiger partial charge is 0.222 e. The van der Waals surface area contributed by atoms with E-state index in [1.54, 1.807) is 0 Å². The van der Waals surface area contributed by atoms with E-state index in [0.717, 1.165) is 25.9 Å². The summed E-state index contributed by atoms with van der Waals surface area (Å²) in [5.41, 5.74) is 5.91. The summed E-state index contributed by atoms with van der Waals surface area (Å²) < 4.78 is 5.26. The number of nitrogens with one attached hydrogen (secondary N) is 1. The Morgan fingerprint density at radius 1 is 1.25 bits per heavy atom. The normalized spacial score (nSPS) is 21.8. The van der Waals surface area contributed by atoms with Gasteiger partial charge in [0.05, 0.1) is 19.8 Å². The van der Waals surface area contributed by atoms with Gasteiger partial charge in [-0.15, -0.1) is 0 Å². The third kappa shape index (κ3) is 5.00. The molecule has 6 heteroatoms. The minimum absolute atomic E-state index is 0.0930. The number of hydrogen-bond acceptors (Lipinski definition) is 3. The molecule has 2 aliphatic rings. The number of rotatable bonds is 4. The van der Waals surface area contributed by atoms with Gasteiger partial charge in [-0.2, -0.15) is 0 Å². The number of ether oxygens (including phenoxy) is 1. The van der Waals surface area contributed by atoms with E-state index in [0.29, 0.717) is 38.2 Å². The fraction of sp³-hybridized carbons (Fsp3) is 0.857. The lowest BCUT2D eigenvalue weighted by atomic mass is 9.95. The molecule has 1 saturated heterocycles. The van der Waals surface area contributed by atoms with Crippen LogP contribution in [0.2, 0.25) is 0 Å². The average Bonchev–Trinajstić information content (AvgIpc) is 2.49.